The number of benzene rings is 8. The highest BCUT2D eigenvalue weighted by atomic mass is 16.3. The highest BCUT2D eigenvalue weighted by Gasteiger charge is 2.40. The summed E-state index contributed by atoms with van der Waals surface area (Å²) in [5.41, 5.74) is 14.9. The molecular weight excluding hydrogens is 669 g/mol. The van der Waals surface area contributed by atoms with Gasteiger partial charge in [-0.05, 0) is 93.0 Å². The second kappa shape index (κ2) is 12.2. The van der Waals surface area contributed by atoms with Crippen LogP contribution in [-0.2, 0) is 5.41 Å². The molecule has 0 fully saturated rings. The third-order valence-electron chi connectivity index (χ3n) is 11.6. The van der Waals surface area contributed by atoms with E-state index < -0.39 is 0 Å². The number of rotatable bonds is 5. The van der Waals surface area contributed by atoms with E-state index in [1.54, 1.807) is 0 Å². The van der Waals surface area contributed by atoms with Crippen LogP contribution in [0.5, 0.6) is 0 Å². The number of hydrogen-bond donors (Lipinski definition) is 0. The molecule has 10 aromatic rings. The van der Waals surface area contributed by atoms with Gasteiger partial charge in [0.1, 0.15) is 11.2 Å². The zero-order chi connectivity index (χ0) is 36.5. The number of nitrogens with zero attached hydrogens (tertiary/aromatic N) is 2. The molecule has 0 saturated carbocycles. The fraction of sp³-hybridized carbons (Fsp3) is 0.0385. The molecule has 2 aromatic heterocycles. The largest absolute Gasteiger partial charge is 0.456 e. The van der Waals surface area contributed by atoms with E-state index in [0.29, 0.717) is 5.82 Å². The predicted octanol–water partition coefficient (Wildman–Crippen LogP) is 13.5. The molecule has 0 N–H and O–H groups in total. The first-order valence-electron chi connectivity index (χ1n) is 18.8. The Hall–Kier alpha value is -7.10. The maximum atomic E-state index is 6.19. The molecule has 0 saturated heterocycles. The van der Waals surface area contributed by atoms with Gasteiger partial charge in [0.2, 0.25) is 0 Å². The normalized spacial score (nSPS) is 14.7. The number of para-hydroxylation sites is 1. The molecule has 0 aliphatic heterocycles. The molecule has 3 heteroatoms. The van der Waals surface area contributed by atoms with E-state index in [2.05, 4.69) is 183 Å². The van der Waals surface area contributed by atoms with Crippen LogP contribution in [-0.4, -0.2) is 9.97 Å². The summed E-state index contributed by atoms with van der Waals surface area (Å²) in [6.07, 6.45) is 0. The van der Waals surface area contributed by atoms with E-state index in [9.17, 15) is 0 Å². The SMILES string of the molecule is CC1(c2ccccc2)c2ccccc2-c2ccc(-c3cc(-c4ccccc4-c4ccc5oc6ccccc6c5c4)nc(-c4ccc5ccccc5c4)n3)cc21. The van der Waals surface area contributed by atoms with Crippen molar-refractivity contribution in [2.45, 2.75) is 12.3 Å². The summed E-state index contributed by atoms with van der Waals surface area (Å²) in [4.78, 5) is 10.7. The third-order valence-corrected chi connectivity index (χ3v) is 11.6. The van der Waals surface area contributed by atoms with Gasteiger partial charge in [-0.2, -0.15) is 0 Å². The Bertz CT molecular complexity index is 3120. The molecule has 0 bridgehead atoms. The van der Waals surface area contributed by atoms with Crippen molar-refractivity contribution in [1.29, 1.82) is 0 Å². The summed E-state index contributed by atoms with van der Waals surface area (Å²) >= 11 is 0. The van der Waals surface area contributed by atoms with E-state index in [1.165, 1.54) is 33.2 Å². The maximum absolute atomic E-state index is 6.19. The molecule has 258 valence electrons. The van der Waals surface area contributed by atoms with E-state index in [4.69, 9.17) is 14.4 Å². The van der Waals surface area contributed by atoms with Crippen molar-refractivity contribution >= 4 is 32.7 Å². The van der Waals surface area contributed by atoms with Gasteiger partial charge < -0.3 is 4.42 Å². The van der Waals surface area contributed by atoms with Gasteiger partial charge in [0.15, 0.2) is 5.82 Å². The molecular formula is C52H34N2O. The summed E-state index contributed by atoms with van der Waals surface area (Å²) in [5, 5.41) is 4.56. The molecule has 3 nitrogen and oxygen atoms in total. The molecule has 1 aliphatic rings. The number of hydrogen-bond acceptors (Lipinski definition) is 3. The van der Waals surface area contributed by atoms with Crippen molar-refractivity contribution in [3.8, 4) is 56.2 Å². The fourth-order valence-electron chi connectivity index (χ4n) is 8.78. The lowest BCUT2D eigenvalue weighted by atomic mass is 9.74. The maximum Gasteiger partial charge on any atom is 0.160 e. The van der Waals surface area contributed by atoms with E-state index >= 15 is 0 Å². The smallest absolute Gasteiger partial charge is 0.160 e. The molecule has 0 spiro atoms. The van der Waals surface area contributed by atoms with Crippen LogP contribution in [0.4, 0.5) is 0 Å². The Balaban J connectivity index is 1.12. The van der Waals surface area contributed by atoms with E-state index in [0.717, 1.165) is 66.5 Å². The Morgan fingerprint density at radius 2 is 1.05 bits per heavy atom. The van der Waals surface area contributed by atoms with Gasteiger partial charge in [-0.1, -0.05) is 152 Å². The summed E-state index contributed by atoms with van der Waals surface area (Å²) in [6, 6.07) is 67.0. The summed E-state index contributed by atoms with van der Waals surface area (Å²) in [7, 11) is 0. The average molecular weight is 703 g/mol. The van der Waals surface area contributed by atoms with Crippen molar-refractivity contribution in [3.63, 3.8) is 0 Å². The van der Waals surface area contributed by atoms with Gasteiger partial charge in [-0.3, -0.25) is 0 Å². The molecule has 1 aliphatic carbocycles. The molecule has 8 aromatic carbocycles. The van der Waals surface area contributed by atoms with Gasteiger partial charge in [0.05, 0.1) is 11.4 Å². The first kappa shape index (κ1) is 31.4. The first-order chi connectivity index (χ1) is 27.1. The predicted molar refractivity (Wildman–Crippen MR) is 226 cm³/mol. The summed E-state index contributed by atoms with van der Waals surface area (Å²) in [6.45, 7) is 2.36. The van der Waals surface area contributed by atoms with Crippen molar-refractivity contribution in [3.05, 3.63) is 205 Å². The Morgan fingerprint density at radius 3 is 1.95 bits per heavy atom. The minimum Gasteiger partial charge on any atom is -0.456 e. The van der Waals surface area contributed by atoms with Crippen LogP contribution in [0.2, 0.25) is 0 Å². The van der Waals surface area contributed by atoms with Crippen molar-refractivity contribution in [1.82, 2.24) is 9.97 Å². The lowest BCUT2D eigenvalue weighted by Gasteiger charge is -2.28. The molecule has 11 rings (SSSR count). The number of fused-ring (bicyclic) bond motifs is 7. The second-order valence-electron chi connectivity index (χ2n) is 14.7. The van der Waals surface area contributed by atoms with E-state index in [1.807, 2.05) is 12.1 Å². The van der Waals surface area contributed by atoms with Gasteiger partial charge >= 0.3 is 0 Å². The van der Waals surface area contributed by atoms with Crippen LogP contribution >= 0.6 is 0 Å². The second-order valence-corrected chi connectivity index (χ2v) is 14.7. The fourth-order valence-corrected chi connectivity index (χ4v) is 8.78. The summed E-state index contributed by atoms with van der Waals surface area (Å²) in [5.74, 6) is 0.693. The summed E-state index contributed by atoms with van der Waals surface area (Å²) < 4.78 is 6.19. The molecule has 1 unspecified atom stereocenters. The molecule has 0 amide bonds. The van der Waals surface area contributed by atoms with Gasteiger partial charge in [0.25, 0.3) is 0 Å². The lowest BCUT2D eigenvalue weighted by molar-refractivity contribution is 0.669. The first-order valence-corrected chi connectivity index (χ1v) is 18.8. The minimum absolute atomic E-state index is 0.317. The Morgan fingerprint density at radius 1 is 0.400 bits per heavy atom. The Kier molecular flexibility index (Phi) is 6.99. The standard InChI is InChI=1S/C52H34N2O/c1-52(38-15-3-2-4-16-38)45-21-11-9-18-40(45)41-27-25-36(31-46(41)52)47-32-48(54-51(53-47)37-24-23-33-13-5-6-14-34(33)29-37)42-19-8-7-17-39(42)35-26-28-50-44(30-35)43-20-10-12-22-49(43)55-50/h2-32H,1H3. The van der Waals surface area contributed by atoms with E-state index in [-0.39, 0.29) is 5.41 Å². The van der Waals surface area contributed by atoms with Crippen LogP contribution in [0.25, 0.3) is 88.9 Å². The van der Waals surface area contributed by atoms with Crippen LogP contribution in [0.15, 0.2) is 192 Å². The molecule has 0 radical (unpaired) electrons. The Labute approximate surface area is 319 Å². The highest BCUT2D eigenvalue weighted by molar-refractivity contribution is 6.06. The zero-order valence-electron chi connectivity index (χ0n) is 30.2. The lowest BCUT2D eigenvalue weighted by Crippen LogP contribution is -2.22. The highest BCUT2D eigenvalue weighted by Crippen LogP contribution is 2.53. The van der Waals surface area contributed by atoms with Crippen LogP contribution in [0.1, 0.15) is 23.6 Å². The van der Waals surface area contributed by atoms with Crippen LogP contribution < -0.4 is 0 Å². The monoisotopic (exact) mass is 702 g/mol. The topological polar surface area (TPSA) is 38.9 Å². The van der Waals surface area contributed by atoms with Crippen molar-refractivity contribution in [2.75, 3.05) is 0 Å². The number of furan rings is 1. The van der Waals surface area contributed by atoms with Crippen LogP contribution in [0, 0.1) is 0 Å². The van der Waals surface area contributed by atoms with Crippen molar-refractivity contribution in [2.24, 2.45) is 0 Å². The molecule has 2 heterocycles. The molecule has 1 atom stereocenters. The number of aromatic nitrogens is 2. The van der Waals surface area contributed by atoms with Crippen LogP contribution in [0.3, 0.4) is 0 Å². The van der Waals surface area contributed by atoms with Crippen molar-refractivity contribution < 1.29 is 4.42 Å². The zero-order valence-corrected chi connectivity index (χ0v) is 30.2. The van der Waals surface area contributed by atoms with Gasteiger partial charge in [0, 0.05) is 32.9 Å². The van der Waals surface area contributed by atoms with Gasteiger partial charge in [-0.15, -0.1) is 0 Å². The average Bonchev–Trinajstić information content (AvgIpc) is 3.76. The minimum atomic E-state index is -0.317. The third kappa shape index (κ3) is 4.97. The van der Waals surface area contributed by atoms with Gasteiger partial charge in [-0.25, -0.2) is 9.97 Å². The quantitative estimate of drug-likeness (QED) is 0.179. The molecule has 55 heavy (non-hydrogen) atoms.